The molecule has 0 fully saturated rings. The van der Waals surface area contributed by atoms with Gasteiger partial charge in [-0.2, -0.15) is 0 Å². The number of nitrogens with two attached hydrogens (primary N) is 1. The molecule has 0 atom stereocenters. The molecule has 1 amide bonds. The number of nitrogens with one attached hydrogen (secondary N) is 1. The van der Waals surface area contributed by atoms with Crippen LogP contribution in [0.2, 0.25) is 10.0 Å². The molecule has 0 spiro atoms. The Morgan fingerprint density at radius 3 is 2.53 bits per heavy atom. The average molecular weight is 380 g/mol. The topological polar surface area (TPSA) is 55.1 Å². The van der Waals surface area contributed by atoms with Crippen LogP contribution >= 0.6 is 50.5 Å². The number of thiophene rings is 1. The van der Waals surface area contributed by atoms with Crippen LogP contribution in [0.1, 0.15) is 15.9 Å². The van der Waals surface area contributed by atoms with Crippen molar-refractivity contribution in [3.05, 3.63) is 48.5 Å². The lowest BCUT2D eigenvalue weighted by molar-refractivity contribution is 0.0951. The van der Waals surface area contributed by atoms with E-state index in [4.69, 9.17) is 28.9 Å². The quantitative estimate of drug-likeness (QED) is 0.779. The molecule has 0 aliphatic heterocycles. The van der Waals surface area contributed by atoms with Crippen LogP contribution in [0.4, 0.5) is 5.69 Å². The Kier molecular flexibility index (Phi) is 4.73. The minimum atomic E-state index is -0.248. The predicted octanol–water partition coefficient (Wildman–Crippen LogP) is 4.33. The van der Waals surface area contributed by atoms with E-state index in [-0.39, 0.29) is 21.6 Å². The van der Waals surface area contributed by atoms with Crippen LogP contribution in [0.5, 0.6) is 0 Å². The molecule has 0 saturated heterocycles. The Labute approximate surface area is 132 Å². The summed E-state index contributed by atoms with van der Waals surface area (Å²) in [5.74, 6) is -0.248. The zero-order chi connectivity index (χ0) is 14.0. The van der Waals surface area contributed by atoms with Crippen molar-refractivity contribution in [2.45, 2.75) is 6.54 Å². The van der Waals surface area contributed by atoms with E-state index in [1.54, 1.807) is 11.3 Å². The molecule has 7 heteroatoms. The van der Waals surface area contributed by atoms with Crippen molar-refractivity contribution < 1.29 is 4.79 Å². The Balaban J connectivity index is 2.10. The maximum atomic E-state index is 12.0. The lowest BCUT2D eigenvalue weighted by Gasteiger charge is -2.07. The number of hydrogen-bond acceptors (Lipinski definition) is 3. The molecular weight excluding hydrogens is 371 g/mol. The van der Waals surface area contributed by atoms with Crippen molar-refractivity contribution in [2.75, 3.05) is 5.73 Å². The van der Waals surface area contributed by atoms with E-state index in [2.05, 4.69) is 21.2 Å². The van der Waals surface area contributed by atoms with Crippen molar-refractivity contribution in [1.29, 1.82) is 0 Å². The third-order valence-corrected chi connectivity index (χ3v) is 4.91. The summed E-state index contributed by atoms with van der Waals surface area (Å²) < 4.78 is 1.00. The van der Waals surface area contributed by atoms with E-state index in [0.717, 1.165) is 9.35 Å². The fourth-order valence-electron chi connectivity index (χ4n) is 1.44. The fourth-order valence-corrected chi connectivity index (χ4v) is 3.16. The van der Waals surface area contributed by atoms with Gasteiger partial charge in [0.2, 0.25) is 0 Å². The summed E-state index contributed by atoms with van der Waals surface area (Å²) in [5.41, 5.74) is 7.30. The normalized spacial score (nSPS) is 10.5. The van der Waals surface area contributed by atoms with Gasteiger partial charge < -0.3 is 11.1 Å². The molecule has 2 rings (SSSR count). The van der Waals surface area contributed by atoms with Gasteiger partial charge in [0.25, 0.3) is 5.91 Å². The third kappa shape index (κ3) is 3.42. The minimum absolute atomic E-state index is 0.248. The van der Waals surface area contributed by atoms with E-state index < -0.39 is 0 Å². The van der Waals surface area contributed by atoms with Crippen molar-refractivity contribution in [1.82, 2.24) is 5.32 Å². The number of carbonyl (C=O) groups excluding carboxylic acids is 1. The molecule has 2 aromatic rings. The first kappa shape index (κ1) is 14.7. The molecule has 3 nitrogen and oxygen atoms in total. The van der Waals surface area contributed by atoms with Crippen molar-refractivity contribution in [3.8, 4) is 0 Å². The number of hydrogen-bond donors (Lipinski definition) is 2. The number of nitrogen functional groups attached to an aromatic ring is 1. The Morgan fingerprint density at radius 1 is 1.37 bits per heavy atom. The number of carbonyl (C=O) groups is 1. The number of benzene rings is 1. The largest absolute Gasteiger partial charge is 0.396 e. The van der Waals surface area contributed by atoms with E-state index in [0.29, 0.717) is 12.1 Å². The molecule has 1 heterocycles. The van der Waals surface area contributed by atoms with Crippen LogP contribution in [-0.4, -0.2) is 5.91 Å². The van der Waals surface area contributed by atoms with E-state index in [1.807, 2.05) is 11.4 Å². The Hall–Kier alpha value is -0.750. The van der Waals surface area contributed by atoms with Crippen LogP contribution in [0, 0.1) is 0 Å². The zero-order valence-electron chi connectivity index (χ0n) is 9.54. The zero-order valence-corrected chi connectivity index (χ0v) is 13.5. The Morgan fingerprint density at radius 2 is 2.00 bits per heavy atom. The lowest BCUT2D eigenvalue weighted by Crippen LogP contribution is -2.22. The summed E-state index contributed by atoms with van der Waals surface area (Å²) in [5, 5.41) is 5.29. The van der Waals surface area contributed by atoms with E-state index in [1.165, 1.54) is 12.1 Å². The van der Waals surface area contributed by atoms with Gasteiger partial charge in [-0.15, -0.1) is 11.3 Å². The molecule has 1 aromatic heterocycles. The minimum Gasteiger partial charge on any atom is -0.396 e. The van der Waals surface area contributed by atoms with Gasteiger partial charge in [-0.05, 0) is 45.1 Å². The second-order valence-corrected chi connectivity index (χ2v) is 6.80. The van der Waals surface area contributed by atoms with Gasteiger partial charge in [0, 0.05) is 12.1 Å². The average Bonchev–Trinajstić information content (AvgIpc) is 2.78. The molecule has 0 saturated carbocycles. The summed E-state index contributed by atoms with van der Waals surface area (Å²) in [7, 11) is 0. The molecule has 0 bridgehead atoms. The number of amides is 1. The monoisotopic (exact) mass is 378 g/mol. The summed E-state index contributed by atoms with van der Waals surface area (Å²) in [6.45, 7) is 0.433. The van der Waals surface area contributed by atoms with Crippen LogP contribution in [0.15, 0.2) is 27.4 Å². The second kappa shape index (κ2) is 6.13. The molecule has 0 aliphatic rings. The number of anilines is 1. The molecule has 3 N–H and O–H groups in total. The van der Waals surface area contributed by atoms with Gasteiger partial charge in [-0.3, -0.25) is 4.79 Å². The smallest absolute Gasteiger partial charge is 0.251 e. The molecular formula is C12H9BrCl2N2OS. The lowest BCUT2D eigenvalue weighted by atomic mass is 10.2. The fraction of sp³-hybridized carbons (Fsp3) is 0.0833. The second-order valence-electron chi connectivity index (χ2n) is 3.76. The Bertz CT molecular complexity index is 607. The summed E-state index contributed by atoms with van der Waals surface area (Å²) in [6.07, 6.45) is 0. The number of rotatable bonds is 3. The van der Waals surface area contributed by atoms with Gasteiger partial charge in [-0.1, -0.05) is 23.2 Å². The highest BCUT2D eigenvalue weighted by molar-refractivity contribution is 9.11. The maximum absolute atomic E-state index is 12.0. The molecule has 19 heavy (non-hydrogen) atoms. The number of halogens is 3. The summed E-state index contributed by atoms with van der Waals surface area (Å²) >= 11 is 16.8. The first-order chi connectivity index (χ1) is 8.99. The van der Waals surface area contributed by atoms with Gasteiger partial charge in [0.05, 0.1) is 19.5 Å². The van der Waals surface area contributed by atoms with Gasteiger partial charge >= 0.3 is 0 Å². The van der Waals surface area contributed by atoms with Gasteiger partial charge in [0.1, 0.15) is 0 Å². The van der Waals surface area contributed by atoms with E-state index in [9.17, 15) is 4.79 Å². The first-order valence-corrected chi connectivity index (χ1v) is 7.66. The van der Waals surface area contributed by atoms with Crippen LogP contribution in [-0.2, 0) is 6.54 Å². The molecule has 100 valence electrons. The molecule has 0 radical (unpaired) electrons. The summed E-state index contributed by atoms with van der Waals surface area (Å²) in [6, 6.07) is 4.94. The highest BCUT2D eigenvalue weighted by Crippen LogP contribution is 2.29. The highest BCUT2D eigenvalue weighted by atomic mass is 79.9. The van der Waals surface area contributed by atoms with Crippen molar-refractivity contribution in [2.24, 2.45) is 0 Å². The third-order valence-electron chi connectivity index (χ3n) is 2.47. The SMILES string of the molecule is Nc1c(Cl)cc(C(=O)NCc2ccsc2Br)cc1Cl. The highest BCUT2D eigenvalue weighted by Gasteiger charge is 2.11. The molecule has 1 aromatic carbocycles. The predicted molar refractivity (Wildman–Crippen MR) is 84.1 cm³/mol. The van der Waals surface area contributed by atoms with E-state index >= 15 is 0 Å². The molecule has 0 unspecified atom stereocenters. The van der Waals surface area contributed by atoms with Crippen LogP contribution < -0.4 is 11.1 Å². The van der Waals surface area contributed by atoms with Crippen LogP contribution in [0.25, 0.3) is 0 Å². The first-order valence-electron chi connectivity index (χ1n) is 5.23. The molecule has 0 aliphatic carbocycles. The maximum Gasteiger partial charge on any atom is 0.251 e. The van der Waals surface area contributed by atoms with Gasteiger partial charge in [0.15, 0.2) is 0 Å². The van der Waals surface area contributed by atoms with Crippen molar-refractivity contribution in [3.63, 3.8) is 0 Å². The summed E-state index contributed by atoms with van der Waals surface area (Å²) in [4.78, 5) is 12.0. The van der Waals surface area contributed by atoms with Gasteiger partial charge in [-0.25, -0.2) is 0 Å². The standard InChI is InChI=1S/C12H9BrCl2N2OS/c13-11-6(1-2-19-11)5-17-12(18)7-3-8(14)10(16)9(15)4-7/h1-4H,5,16H2,(H,17,18). The van der Waals surface area contributed by atoms with Crippen LogP contribution in [0.3, 0.4) is 0 Å². The van der Waals surface area contributed by atoms with Crippen molar-refractivity contribution >= 4 is 62.1 Å².